The van der Waals surface area contributed by atoms with Gasteiger partial charge >= 0.3 is 0 Å². The number of hydrogen-bond donors (Lipinski definition) is 2. The van der Waals surface area contributed by atoms with Gasteiger partial charge in [0.15, 0.2) is 0 Å². The van der Waals surface area contributed by atoms with Crippen molar-refractivity contribution >= 4 is 27.7 Å². The summed E-state index contributed by atoms with van der Waals surface area (Å²) in [7, 11) is 0. The summed E-state index contributed by atoms with van der Waals surface area (Å²) in [6, 6.07) is 1.83. The van der Waals surface area contributed by atoms with Crippen LogP contribution in [0.25, 0.3) is 0 Å². The van der Waals surface area contributed by atoms with Crippen LogP contribution in [-0.4, -0.2) is 36.7 Å². The lowest BCUT2D eigenvalue weighted by Gasteiger charge is -2.22. The Bertz CT molecular complexity index is 448. The number of aryl methyl sites for hydroxylation is 1. The predicted molar refractivity (Wildman–Crippen MR) is 77.1 cm³/mol. The zero-order valence-corrected chi connectivity index (χ0v) is 12.5. The number of carbonyl (C=O) groups excluding carboxylic acids is 1. The number of piperidine rings is 1. The quantitative estimate of drug-likeness (QED) is 0.886. The number of nitrogens with zero attached hydrogens (tertiary/aromatic N) is 1. The fourth-order valence-corrected chi connectivity index (χ4v) is 2.16. The average molecular weight is 328 g/mol. The minimum absolute atomic E-state index is 0.0848. The van der Waals surface area contributed by atoms with Crippen molar-refractivity contribution in [3.63, 3.8) is 0 Å². The standard InChI is InChI=1S/C13H18BrN3O2/c1-9-6-12(16-7-11(9)14)17-13(18)8-19-10-2-4-15-5-3-10/h6-7,10,15H,2-5,8H2,1H3,(H,16,17,18). The number of aromatic nitrogens is 1. The fraction of sp³-hybridized carbons (Fsp3) is 0.538. The van der Waals surface area contributed by atoms with Crippen LogP contribution < -0.4 is 10.6 Å². The molecule has 1 aromatic heterocycles. The Morgan fingerprint density at radius 2 is 2.32 bits per heavy atom. The number of anilines is 1. The molecule has 1 aromatic rings. The summed E-state index contributed by atoms with van der Waals surface area (Å²) in [5.41, 5.74) is 1.03. The minimum Gasteiger partial charge on any atom is -0.368 e. The van der Waals surface area contributed by atoms with Crippen molar-refractivity contribution < 1.29 is 9.53 Å². The highest BCUT2D eigenvalue weighted by molar-refractivity contribution is 9.10. The van der Waals surface area contributed by atoms with Crippen LogP contribution >= 0.6 is 15.9 Å². The van der Waals surface area contributed by atoms with Gasteiger partial charge in [0.2, 0.25) is 0 Å². The normalized spacial score (nSPS) is 16.3. The molecule has 1 saturated heterocycles. The topological polar surface area (TPSA) is 63.2 Å². The molecule has 0 saturated carbocycles. The van der Waals surface area contributed by atoms with E-state index in [0.29, 0.717) is 5.82 Å². The first-order valence-electron chi connectivity index (χ1n) is 6.39. The van der Waals surface area contributed by atoms with Gasteiger partial charge in [-0.05, 0) is 60.4 Å². The average Bonchev–Trinajstić information content (AvgIpc) is 2.42. The molecule has 0 bridgehead atoms. The highest BCUT2D eigenvalue weighted by Crippen LogP contribution is 2.17. The molecule has 0 aliphatic carbocycles. The molecule has 2 heterocycles. The number of nitrogens with one attached hydrogen (secondary N) is 2. The van der Waals surface area contributed by atoms with E-state index in [2.05, 4.69) is 31.5 Å². The van der Waals surface area contributed by atoms with Crippen LogP contribution in [0.5, 0.6) is 0 Å². The molecule has 0 spiro atoms. The van der Waals surface area contributed by atoms with E-state index in [-0.39, 0.29) is 18.6 Å². The maximum absolute atomic E-state index is 11.7. The van der Waals surface area contributed by atoms with E-state index in [9.17, 15) is 4.79 Å². The van der Waals surface area contributed by atoms with Gasteiger partial charge in [-0.1, -0.05) is 0 Å². The molecule has 1 aliphatic heterocycles. The minimum atomic E-state index is -0.159. The molecule has 0 radical (unpaired) electrons. The molecule has 2 N–H and O–H groups in total. The Labute approximate surface area is 121 Å². The lowest BCUT2D eigenvalue weighted by molar-refractivity contribution is -0.123. The Hall–Kier alpha value is -0.980. The van der Waals surface area contributed by atoms with E-state index in [1.165, 1.54) is 0 Å². The largest absolute Gasteiger partial charge is 0.368 e. The van der Waals surface area contributed by atoms with Crippen molar-refractivity contribution in [2.75, 3.05) is 25.0 Å². The summed E-state index contributed by atoms with van der Waals surface area (Å²) >= 11 is 3.37. The van der Waals surface area contributed by atoms with Crippen molar-refractivity contribution in [1.29, 1.82) is 0 Å². The smallest absolute Gasteiger partial charge is 0.251 e. The summed E-state index contributed by atoms with van der Waals surface area (Å²) < 4.78 is 6.51. The third-order valence-electron chi connectivity index (χ3n) is 3.05. The van der Waals surface area contributed by atoms with E-state index in [1.54, 1.807) is 6.20 Å². The van der Waals surface area contributed by atoms with Gasteiger partial charge in [0.05, 0.1) is 6.10 Å². The highest BCUT2D eigenvalue weighted by atomic mass is 79.9. The first-order chi connectivity index (χ1) is 9.15. The molecule has 1 aliphatic rings. The molecule has 0 aromatic carbocycles. The van der Waals surface area contributed by atoms with Crippen LogP contribution in [0.2, 0.25) is 0 Å². The van der Waals surface area contributed by atoms with Gasteiger partial charge in [-0.3, -0.25) is 4.79 Å². The number of amides is 1. The van der Waals surface area contributed by atoms with Gasteiger partial charge in [-0.15, -0.1) is 0 Å². The third-order valence-corrected chi connectivity index (χ3v) is 3.88. The van der Waals surface area contributed by atoms with Gasteiger partial charge in [-0.25, -0.2) is 4.98 Å². The summed E-state index contributed by atoms with van der Waals surface area (Å²) in [6.45, 7) is 3.95. The van der Waals surface area contributed by atoms with E-state index < -0.39 is 0 Å². The molecular formula is C13H18BrN3O2. The van der Waals surface area contributed by atoms with E-state index in [1.807, 2.05) is 13.0 Å². The molecule has 19 heavy (non-hydrogen) atoms. The van der Waals surface area contributed by atoms with Crippen molar-refractivity contribution in [2.45, 2.75) is 25.9 Å². The van der Waals surface area contributed by atoms with Crippen LogP contribution in [0.3, 0.4) is 0 Å². The summed E-state index contributed by atoms with van der Waals surface area (Å²) in [5, 5.41) is 6.00. The van der Waals surface area contributed by atoms with Crippen LogP contribution in [0.15, 0.2) is 16.7 Å². The van der Waals surface area contributed by atoms with Crippen molar-refractivity contribution in [3.8, 4) is 0 Å². The van der Waals surface area contributed by atoms with Gasteiger partial charge < -0.3 is 15.4 Å². The molecule has 1 fully saturated rings. The number of pyridine rings is 1. The number of carbonyl (C=O) groups is 1. The second-order valence-corrected chi connectivity index (χ2v) is 5.48. The molecule has 6 heteroatoms. The second kappa shape index (κ2) is 6.98. The first-order valence-corrected chi connectivity index (χ1v) is 7.19. The molecule has 104 valence electrons. The number of hydrogen-bond acceptors (Lipinski definition) is 4. The van der Waals surface area contributed by atoms with E-state index in [0.717, 1.165) is 36.0 Å². The fourth-order valence-electron chi connectivity index (χ4n) is 1.94. The van der Waals surface area contributed by atoms with E-state index in [4.69, 9.17) is 4.74 Å². The maximum atomic E-state index is 11.7. The van der Waals surface area contributed by atoms with Crippen molar-refractivity contribution in [3.05, 3.63) is 22.3 Å². The van der Waals surface area contributed by atoms with Gasteiger partial charge in [-0.2, -0.15) is 0 Å². The van der Waals surface area contributed by atoms with Crippen molar-refractivity contribution in [1.82, 2.24) is 10.3 Å². The molecule has 5 nitrogen and oxygen atoms in total. The number of ether oxygens (including phenoxy) is 1. The number of rotatable bonds is 4. The molecule has 0 atom stereocenters. The van der Waals surface area contributed by atoms with Crippen molar-refractivity contribution in [2.24, 2.45) is 0 Å². The Morgan fingerprint density at radius 3 is 3.00 bits per heavy atom. The highest BCUT2D eigenvalue weighted by Gasteiger charge is 2.15. The summed E-state index contributed by atoms with van der Waals surface area (Å²) in [5.74, 6) is 0.396. The van der Waals surface area contributed by atoms with Crippen LogP contribution in [0.4, 0.5) is 5.82 Å². The summed E-state index contributed by atoms with van der Waals surface area (Å²) in [6.07, 6.45) is 3.79. The van der Waals surface area contributed by atoms with Gasteiger partial charge in [0.1, 0.15) is 12.4 Å². The van der Waals surface area contributed by atoms with E-state index >= 15 is 0 Å². The molecule has 2 rings (SSSR count). The SMILES string of the molecule is Cc1cc(NC(=O)COC2CCNCC2)ncc1Br. The van der Waals surface area contributed by atoms with Crippen LogP contribution in [0, 0.1) is 6.92 Å². The maximum Gasteiger partial charge on any atom is 0.251 e. The third kappa shape index (κ3) is 4.56. The van der Waals surface area contributed by atoms with Crippen LogP contribution in [-0.2, 0) is 9.53 Å². The zero-order chi connectivity index (χ0) is 13.7. The Balaban J connectivity index is 1.78. The lowest BCUT2D eigenvalue weighted by Crippen LogP contribution is -2.34. The predicted octanol–water partition coefficient (Wildman–Crippen LogP) is 1.86. The lowest BCUT2D eigenvalue weighted by atomic mass is 10.1. The summed E-state index contributed by atoms with van der Waals surface area (Å²) in [4.78, 5) is 15.9. The molecule has 1 amide bonds. The Kier molecular flexibility index (Phi) is 5.30. The Morgan fingerprint density at radius 1 is 1.58 bits per heavy atom. The molecule has 0 unspecified atom stereocenters. The van der Waals surface area contributed by atoms with Gasteiger partial charge in [0.25, 0.3) is 5.91 Å². The molecular weight excluding hydrogens is 310 g/mol. The van der Waals surface area contributed by atoms with Gasteiger partial charge in [0, 0.05) is 10.7 Å². The van der Waals surface area contributed by atoms with Crippen LogP contribution in [0.1, 0.15) is 18.4 Å². The second-order valence-electron chi connectivity index (χ2n) is 4.63. The zero-order valence-electron chi connectivity index (χ0n) is 10.9. The number of halogens is 1. The first kappa shape index (κ1) is 14.4. The monoisotopic (exact) mass is 327 g/mol.